The van der Waals surface area contributed by atoms with Gasteiger partial charge >= 0.3 is 0 Å². The lowest BCUT2D eigenvalue weighted by Gasteiger charge is -2.17. The molecule has 2 aromatic heterocycles. The van der Waals surface area contributed by atoms with Gasteiger partial charge in [-0.25, -0.2) is 4.39 Å². The average molecular weight is 691 g/mol. The quantitative estimate of drug-likeness (QED) is 0.237. The minimum Gasteiger partial charge on any atom is -0.322 e. The zero-order valence-electron chi connectivity index (χ0n) is 26.9. The summed E-state index contributed by atoms with van der Waals surface area (Å²) in [4.78, 5) is 61.8. The van der Waals surface area contributed by atoms with Crippen molar-refractivity contribution in [2.45, 2.75) is 74.3 Å². The van der Waals surface area contributed by atoms with Gasteiger partial charge in [0.25, 0.3) is 11.8 Å². The highest BCUT2D eigenvalue weighted by Crippen LogP contribution is 2.60. The van der Waals surface area contributed by atoms with Gasteiger partial charge in [0.15, 0.2) is 5.82 Å². The highest BCUT2D eigenvalue weighted by atomic mass is 35.5. The molecule has 0 atom stereocenters. The van der Waals surface area contributed by atoms with Gasteiger partial charge in [-0.05, 0) is 98.9 Å². The van der Waals surface area contributed by atoms with Crippen molar-refractivity contribution < 1.29 is 23.6 Å². The monoisotopic (exact) mass is 690 g/mol. The van der Waals surface area contributed by atoms with Crippen LogP contribution in [0.25, 0.3) is 0 Å². The first-order chi connectivity index (χ1) is 24.2. The minimum atomic E-state index is -0.659. The van der Waals surface area contributed by atoms with Gasteiger partial charge < -0.3 is 20.4 Å². The van der Waals surface area contributed by atoms with E-state index in [9.17, 15) is 23.6 Å². The van der Waals surface area contributed by atoms with Crippen molar-refractivity contribution in [2.24, 2.45) is 0 Å². The van der Waals surface area contributed by atoms with E-state index >= 15 is 0 Å². The topological polar surface area (TPSA) is 125 Å². The fraction of sp³-hybridized carbons (Fsp3) is 0.316. The van der Waals surface area contributed by atoms with Gasteiger partial charge in [0.2, 0.25) is 11.8 Å². The molecule has 252 valence electrons. The molecule has 4 aromatic rings. The number of benzene rings is 2. The number of amides is 4. The van der Waals surface area contributed by atoms with Gasteiger partial charge in [-0.1, -0.05) is 23.7 Å². The predicted octanol–water partition coefficient (Wildman–Crippen LogP) is 6.54. The van der Waals surface area contributed by atoms with Gasteiger partial charge in [0.1, 0.15) is 0 Å². The molecule has 0 radical (unpaired) electrons. The Hall–Kier alpha value is -5.16. The number of nitrogens with one attached hydrogen (secondary N) is 2. The number of anilines is 4. The summed E-state index contributed by atoms with van der Waals surface area (Å²) in [6, 6.07) is 14.9. The SMILES string of the molecule is O=C(Nc1ccc2c(c1)N(C1CC1)C(=O)C21CC1)c1ccncc1Cl.O=C(Nc1ccc2c(c1)N(C1CC1)C(=O)C21CC1)c1ccncc1F. The third-order valence-corrected chi connectivity index (χ3v) is 11.0. The molecular formula is C38H32ClFN6O4. The zero-order valence-corrected chi connectivity index (χ0v) is 27.7. The largest absolute Gasteiger partial charge is 0.322 e. The number of pyridine rings is 2. The van der Waals surface area contributed by atoms with Crippen molar-refractivity contribution in [3.63, 3.8) is 0 Å². The molecule has 50 heavy (non-hydrogen) atoms. The summed E-state index contributed by atoms with van der Waals surface area (Å²) in [6.45, 7) is 0. The van der Waals surface area contributed by atoms with Crippen LogP contribution in [-0.2, 0) is 20.4 Å². The number of hydrogen-bond donors (Lipinski definition) is 2. The number of aromatic nitrogens is 2. The molecule has 4 amide bonds. The van der Waals surface area contributed by atoms with E-state index in [2.05, 4.69) is 20.6 Å². The van der Waals surface area contributed by atoms with Gasteiger partial charge in [-0.2, -0.15) is 0 Å². The van der Waals surface area contributed by atoms with Crippen LogP contribution in [-0.4, -0.2) is 45.7 Å². The molecule has 2 spiro atoms. The lowest BCUT2D eigenvalue weighted by Crippen LogP contribution is -2.33. The second-order valence-corrected chi connectivity index (χ2v) is 14.5. The Kier molecular flexibility index (Phi) is 6.90. The third-order valence-electron chi connectivity index (χ3n) is 10.7. The van der Waals surface area contributed by atoms with E-state index in [1.54, 1.807) is 12.1 Å². The van der Waals surface area contributed by atoms with Crippen LogP contribution in [0.5, 0.6) is 0 Å². The summed E-state index contributed by atoms with van der Waals surface area (Å²) < 4.78 is 13.7. The van der Waals surface area contributed by atoms with Crippen molar-refractivity contribution in [2.75, 3.05) is 20.4 Å². The Morgan fingerprint density at radius 1 is 0.700 bits per heavy atom. The van der Waals surface area contributed by atoms with E-state index < -0.39 is 11.7 Å². The van der Waals surface area contributed by atoms with E-state index in [4.69, 9.17) is 11.6 Å². The molecule has 2 N–H and O–H groups in total. The molecule has 0 unspecified atom stereocenters. The second kappa shape index (κ2) is 11.2. The summed E-state index contributed by atoms with van der Waals surface area (Å²) in [5.41, 5.74) is 5.01. The first-order valence-electron chi connectivity index (χ1n) is 17.0. The van der Waals surface area contributed by atoms with Crippen LogP contribution in [0.1, 0.15) is 83.2 Å². The molecule has 10 nitrogen and oxygen atoms in total. The number of carbonyl (C=O) groups is 4. The van der Waals surface area contributed by atoms with Crippen molar-refractivity contribution in [3.05, 3.63) is 106 Å². The lowest BCUT2D eigenvalue weighted by molar-refractivity contribution is -0.121. The van der Waals surface area contributed by atoms with Gasteiger partial charge in [-0.3, -0.25) is 29.1 Å². The molecular weight excluding hydrogens is 659 g/mol. The Morgan fingerprint density at radius 3 is 1.60 bits per heavy atom. The second-order valence-electron chi connectivity index (χ2n) is 14.1. The Bertz CT molecular complexity index is 1990. The minimum absolute atomic E-state index is 0.0516. The maximum absolute atomic E-state index is 13.7. The molecule has 4 aliphatic carbocycles. The predicted molar refractivity (Wildman–Crippen MR) is 185 cm³/mol. The normalized spacial score (nSPS) is 19.9. The molecule has 6 aliphatic rings. The zero-order chi connectivity index (χ0) is 34.4. The molecule has 4 heterocycles. The fourth-order valence-corrected chi connectivity index (χ4v) is 7.66. The summed E-state index contributed by atoms with van der Waals surface area (Å²) in [6.07, 6.45) is 13.2. The van der Waals surface area contributed by atoms with E-state index in [0.29, 0.717) is 28.0 Å². The van der Waals surface area contributed by atoms with Crippen molar-refractivity contribution in [1.82, 2.24) is 9.97 Å². The number of halogens is 2. The van der Waals surface area contributed by atoms with Crippen LogP contribution in [0.4, 0.5) is 27.1 Å². The highest BCUT2D eigenvalue weighted by Gasteiger charge is 2.62. The van der Waals surface area contributed by atoms with E-state index in [-0.39, 0.29) is 40.2 Å². The molecule has 0 saturated heterocycles. The Balaban J connectivity index is 0.000000135. The molecule has 12 heteroatoms. The third kappa shape index (κ3) is 4.97. The van der Waals surface area contributed by atoms with Crippen LogP contribution in [0.2, 0.25) is 5.02 Å². The molecule has 10 rings (SSSR count). The van der Waals surface area contributed by atoms with E-state index in [1.165, 1.54) is 24.7 Å². The Morgan fingerprint density at radius 2 is 1.16 bits per heavy atom. The molecule has 4 fully saturated rings. The van der Waals surface area contributed by atoms with Gasteiger partial charge in [0.05, 0.1) is 44.6 Å². The van der Waals surface area contributed by atoms with Crippen LogP contribution < -0.4 is 20.4 Å². The molecule has 2 aliphatic heterocycles. The first-order valence-corrected chi connectivity index (χ1v) is 17.4. The van der Waals surface area contributed by atoms with Crippen molar-refractivity contribution >= 4 is 58.0 Å². The van der Waals surface area contributed by atoms with E-state index in [1.807, 2.05) is 40.1 Å². The number of nitrogens with zero attached hydrogens (tertiary/aromatic N) is 4. The number of rotatable bonds is 6. The maximum Gasteiger partial charge on any atom is 0.258 e. The highest BCUT2D eigenvalue weighted by molar-refractivity contribution is 6.34. The number of hydrogen-bond acceptors (Lipinski definition) is 6. The standard InChI is InChI=1S/C19H16ClN3O2.C19H16FN3O2/c2*20-15-10-21-8-5-13(15)17(24)22-11-1-4-14-16(9-11)23(12-2-3-12)18(25)19(14)6-7-19/h2*1,4-5,8-10,12H,2-3,6-7H2,(H,22,24). The Labute approximate surface area is 292 Å². The average Bonchev–Trinajstić information content (AvgIpc) is 3.92. The van der Waals surface area contributed by atoms with Crippen molar-refractivity contribution in [3.8, 4) is 0 Å². The molecule has 4 saturated carbocycles. The van der Waals surface area contributed by atoms with Crippen molar-refractivity contribution in [1.29, 1.82) is 0 Å². The summed E-state index contributed by atoms with van der Waals surface area (Å²) in [5.74, 6) is -1.02. The molecule has 2 aromatic carbocycles. The van der Waals surface area contributed by atoms with E-state index in [0.717, 1.165) is 80.1 Å². The maximum atomic E-state index is 13.7. The summed E-state index contributed by atoms with van der Waals surface area (Å²) in [5, 5.41) is 5.92. The van der Waals surface area contributed by atoms with Gasteiger partial charge in [0, 0.05) is 42.0 Å². The number of carbonyl (C=O) groups excluding carboxylic acids is 4. The van der Waals surface area contributed by atoms with Crippen LogP contribution in [0, 0.1) is 5.82 Å². The van der Waals surface area contributed by atoms with Crippen LogP contribution in [0.15, 0.2) is 73.3 Å². The lowest BCUT2D eigenvalue weighted by atomic mass is 9.97. The van der Waals surface area contributed by atoms with Crippen LogP contribution >= 0.6 is 11.6 Å². The first kappa shape index (κ1) is 30.9. The number of fused-ring (bicyclic) bond motifs is 4. The molecule has 0 bridgehead atoms. The summed E-state index contributed by atoms with van der Waals surface area (Å²) in [7, 11) is 0. The summed E-state index contributed by atoms with van der Waals surface area (Å²) >= 11 is 6.04. The smallest absolute Gasteiger partial charge is 0.258 e. The van der Waals surface area contributed by atoms with Crippen LogP contribution in [0.3, 0.4) is 0 Å². The van der Waals surface area contributed by atoms with Gasteiger partial charge in [-0.15, -0.1) is 0 Å². The fourth-order valence-electron chi connectivity index (χ4n) is 7.46.